The fourth-order valence-electron chi connectivity index (χ4n) is 2.10. The molecular formula is C17H15F4NOS2. The van der Waals surface area contributed by atoms with Gasteiger partial charge in [-0.3, -0.25) is 4.79 Å². The van der Waals surface area contributed by atoms with Crippen LogP contribution in [0.3, 0.4) is 0 Å². The maximum atomic E-state index is 14.2. The molecule has 0 radical (unpaired) electrons. The highest BCUT2D eigenvalue weighted by Gasteiger charge is 2.29. The standard InChI is InChI=1S/C17H15F4NOS2/c1-3-24-13-8-9-14(15(18)10-13)16(23)22(2)11-4-6-12(7-5-11)25-17(19,20)21/h4-10H,3H2,1-2H3. The summed E-state index contributed by atoms with van der Waals surface area (Å²) in [4.78, 5) is 14.4. The number of amides is 1. The summed E-state index contributed by atoms with van der Waals surface area (Å²) < 4.78 is 51.2. The maximum Gasteiger partial charge on any atom is 0.446 e. The lowest BCUT2D eigenvalue weighted by atomic mass is 10.1. The number of halogens is 4. The SMILES string of the molecule is CCSc1ccc(C(=O)N(C)c2ccc(SC(F)(F)F)cc2)c(F)c1. The van der Waals surface area contributed by atoms with Crippen LogP contribution < -0.4 is 4.90 Å². The highest BCUT2D eigenvalue weighted by molar-refractivity contribution is 8.00. The summed E-state index contributed by atoms with van der Waals surface area (Å²) in [5.41, 5.74) is -4.08. The zero-order chi connectivity index (χ0) is 18.6. The Morgan fingerprint density at radius 2 is 1.68 bits per heavy atom. The van der Waals surface area contributed by atoms with Crippen LogP contribution in [0.25, 0.3) is 0 Å². The van der Waals surface area contributed by atoms with E-state index in [1.54, 1.807) is 6.07 Å². The van der Waals surface area contributed by atoms with Gasteiger partial charge >= 0.3 is 5.51 Å². The number of alkyl halides is 3. The number of rotatable bonds is 5. The first-order chi connectivity index (χ1) is 11.7. The number of carbonyl (C=O) groups is 1. The summed E-state index contributed by atoms with van der Waals surface area (Å²) in [6.45, 7) is 1.94. The minimum absolute atomic E-state index is 0.0178. The summed E-state index contributed by atoms with van der Waals surface area (Å²) in [6.07, 6.45) is 0. The highest BCUT2D eigenvalue weighted by Crippen LogP contribution is 2.37. The number of benzene rings is 2. The van der Waals surface area contributed by atoms with Gasteiger partial charge in [-0.25, -0.2) is 4.39 Å². The highest BCUT2D eigenvalue weighted by atomic mass is 32.2. The van der Waals surface area contributed by atoms with Crippen LogP contribution in [0.2, 0.25) is 0 Å². The Bertz CT molecular complexity index is 747. The molecule has 2 aromatic rings. The molecule has 0 heterocycles. The molecule has 2 aromatic carbocycles. The van der Waals surface area contributed by atoms with Crippen LogP contribution in [0, 0.1) is 5.82 Å². The molecule has 0 N–H and O–H groups in total. The summed E-state index contributed by atoms with van der Waals surface area (Å²) in [6, 6.07) is 9.72. The van der Waals surface area contributed by atoms with Gasteiger partial charge in [-0.1, -0.05) is 6.92 Å². The monoisotopic (exact) mass is 389 g/mol. The van der Waals surface area contributed by atoms with Gasteiger partial charge in [-0.05, 0) is 60.0 Å². The fourth-order valence-corrected chi connectivity index (χ4v) is 3.32. The lowest BCUT2D eigenvalue weighted by molar-refractivity contribution is -0.0328. The molecule has 0 saturated heterocycles. The van der Waals surface area contributed by atoms with E-state index in [1.807, 2.05) is 6.92 Å². The molecule has 0 fully saturated rings. The summed E-state index contributed by atoms with van der Waals surface area (Å²) in [5.74, 6) is -0.407. The first-order valence-corrected chi connectivity index (χ1v) is 9.07. The predicted octanol–water partition coefficient (Wildman–Crippen LogP) is 5.83. The lowest BCUT2D eigenvalue weighted by Crippen LogP contribution is -2.27. The second-order valence-corrected chi connectivity index (χ2v) is 7.46. The van der Waals surface area contributed by atoms with Gasteiger partial charge < -0.3 is 4.90 Å². The van der Waals surface area contributed by atoms with Crippen molar-refractivity contribution in [1.82, 2.24) is 0 Å². The van der Waals surface area contributed by atoms with Crippen LogP contribution in [-0.4, -0.2) is 24.2 Å². The normalized spacial score (nSPS) is 11.4. The van der Waals surface area contributed by atoms with Crippen molar-refractivity contribution in [2.24, 2.45) is 0 Å². The number of carbonyl (C=O) groups excluding carboxylic acids is 1. The fraction of sp³-hybridized carbons (Fsp3) is 0.235. The Kier molecular flexibility index (Phi) is 6.40. The zero-order valence-electron chi connectivity index (χ0n) is 13.4. The first-order valence-electron chi connectivity index (χ1n) is 7.27. The molecule has 0 aliphatic carbocycles. The van der Waals surface area contributed by atoms with Crippen molar-refractivity contribution in [1.29, 1.82) is 0 Å². The molecule has 0 unspecified atom stereocenters. The van der Waals surface area contributed by atoms with Gasteiger partial charge in [0.05, 0.1) is 5.56 Å². The molecule has 0 aliphatic rings. The van der Waals surface area contributed by atoms with Crippen molar-refractivity contribution < 1.29 is 22.4 Å². The molecule has 1 amide bonds. The molecule has 0 atom stereocenters. The lowest BCUT2D eigenvalue weighted by Gasteiger charge is -2.18. The number of thioether (sulfide) groups is 2. The first kappa shape index (κ1) is 19.7. The number of nitrogens with zero attached hydrogens (tertiary/aromatic N) is 1. The Labute approximate surface area is 151 Å². The Balaban J connectivity index is 2.17. The van der Waals surface area contributed by atoms with Gasteiger partial charge in [-0.2, -0.15) is 13.2 Å². The number of anilines is 1. The quantitative estimate of drug-likeness (QED) is 0.474. The van der Waals surface area contributed by atoms with E-state index in [0.29, 0.717) is 5.69 Å². The minimum Gasteiger partial charge on any atom is -0.311 e. The van der Waals surface area contributed by atoms with Gasteiger partial charge in [0.15, 0.2) is 0 Å². The topological polar surface area (TPSA) is 20.3 Å². The van der Waals surface area contributed by atoms with E-state index >= 15 is 0 Å². The Hall–Kier alpha value is -1.67. The van der Waals surface area contributed by atoms with Crippen LogP contribution in [0.15, 0.2) is 52.3 Å². The molecule has 2 nitrogen and oxygen atoms in total. The third-order valence-corrected chi connectivity index (χ3v) is 4.86. The van der Waals surface area contributed by atoms with Crippen molar-refractivity contribution >= 4 is 35.1 Å². The predicted molar refractivity (Wildman–Crippen MR) is 93.9 cm³/mol. The van der Waals surface area contributed by atoms with Gasteiger partial charge in [0.1, 0.15) is 5.82 Å². The second kappa shape index (κ2) is 8.14. The molecule has 0 aliphatic heterocycles. The van der Waals surface area contributed by atoms with Gasteiger partial charge in [0, 0.05) is 22.5 Å². The largest absolute Gasteiger partial charge is 0.446 e. The number of hydrogen-bond donors (Lipinski definition) is 0. The number of hydrogen-bond acceptors (Lipinski definition) is 3. The molecule has 25 heavy (non-hydrogen) atoms. The van der Waals surface area contributed by atoms with Crippen molar-refractivity contribution in [2.45, 2.75) is 22.2 Å². The van der Waals surface area contributed by atoms with E-state index in [2.05, 4.69) is 0 Å². The van der Waals surface area contributed by atoms with Gasteiger partial charge in [-0.15, -0.1) is 11.8 Å². The summed E-state index contributed by atoms with van der Waals surface area (Å²) in [7, 11) is 1.45. The molecule has 2 rings (SSSR count). The van der Waals surface area contributed by atoms with E-state index in [0.717, 1.165) is 10.6 Å². The Morgan fingerprint density at radius 1 is 1.08 bits per heavy atom. The Morgan fingerprint density at radius 3 is 2.20 bits per heavy atom. The molecule has 0 aromatic heterocycles. The second-order valence-electron chi connectivity index (χ2n) is 4.98. The van der Waals surface area contributed by atoms with Crippen LogP contribution in [-0.2, 0) is 0 Å². The van der Waals surface area contributed by atoms with Gasteiger partial charge in [0.2, 0.25) is 0 Å². The molecule has 8 heteroatoms. The smallest absolute Gasteiger partial charge is 0.311 e. The maximum absolute atomic E-state index is 14.2. The van der Waals surface area contributed by atoms with Crippen LogP contribution in [0.4, 0.5) is 23.2 Å². The van der Waals surface area contributed by atoms with Crippen molar-refractivity contribution in [2.75, 3.05) is 17.7 Å². The zero-order valence-corrected chi connectivity index (χ0v) is 15.1. The minimum atomic E-state index is -4.37. The van der Waals surface area contributed by atoms with Crippen molar-refractivity contribution in [3.05, 3.63) is 53.8 Å². The average Bonchev–Trinajstić information content (AvgIpc) is 2.53. The van der Waals surface area contributed by atoms with Crippen molar-refractivity contribution in [3.8, 4) is 0 Å². The van der Waals surface area contributed by atoms with E-state index in [4.69, 9.17) is 0 Å². The third-order valence-electron chi connectivity index (χ3n) is 3.24. The molecule has 0 saturated carbocycles. The van der Waals surface area contributed by atoms with E-state index < -0.39 is 17.2 Å². The van der Waals surface area contributed by atoms with Crippen LogP contribution in [0.5, 0.6) is 0 Å². The summed E-state index contributed by atoms with van der Waals surface area (Å²) >= 11 is 1.23. The van der Waals surface area contributed by atoms with Crippen LogP contribution in [0.1, 0.15) is 17.3 Å². The summed E-state index contributed by atoms with van der Waals surface area (Å²) in [5, 5.41) is 0. The molecule has 134 valence electrons. The molecule has 0 spiro atoms. The average molecular weight is 389 g/mol. The molecular weight excluding hydrogens is 374 g/mol. The molecule has 0 bridgehead atoms. The van der Waals surface area contributed by atoms with E-state index in [-0.39, 0.29) is 22.2 Å². The van der Waals surface area contributed by atoms with Crippen molar-refractivity contribution in [3.63, 3.8) is 0 Å². The third kappa shape index (κ3) is 5.40. The van der Waals surface area contributed by atoms with Crippen LogP contribution >= 0.6 is 23.5 Å². The van der Waals surface area contributed by atoms with E-state index in [1.165, 1.54) is 60.1 Å². The van der Waals surface area contributed by atoms with Gasteiger partial charge in [0.25, 0.3) is 5.91 Å². The van der Waals surface area contributed by atoms with E-state index in [9.17, 15) is 22.4 Å².